The fourth-order valence-corrected chi connectivity index (χ4v) is 5.00. The molecule has 2 fully saturated rings. The lowest BCUT2D eigenvalue weighted by Gasteiger charge is -2.36. The van der Waals surface area contributed by atoms with E-state index in [0.717, 1.165) is 19.3 Å². The fraction of sp³-hybridized carbons (Fsp3) is 0.533. The van der Waals surface area contributed by atoms with Crippen LogP contribution in [0.3, 0.4) is 0 Å². The number of sulfonamides is 1. The van der Waals surface area contributed by atoms with Crippen LogP contribution in [0.5, 0.6) is 0 Å². The third-order valence-corrected chi connectivity index (χ3v) is 6.28. The lowest BCUT2D eigenvalue weighted by atomic mass is 10.1. The number of ether oxygens (including phenoxy) is 1. The van der Waals surface area contributed by atoms with Crippen molar-refractivity contribution in [2.75, 3.05) is 13.2 Å². The lowest BCUT2D eigenvalue weighted by Crippen LogP contribution is -2.51. The van der Waals surface area contributed by atoms with Crippen molar-refractivity contribution in [2.45, 2.75) is 43.2 Å². The molecule has 2 aliphatic rings. The Hall–Kier alpha value is -1.42. The third kappa shape index (κ3) is 2.46. The van der Waals surface area contributed by atoms with Gasteiger partial charge in [-0.1, -0.05) is 0 Å². The number of morpholine rings is 1. The standard InChI is InChI=1S/C15H18N2O3S/c1-11-9-13(6-5-12(11)10-16)21(18,19)17-7-8-20-15-4-2-3-14(15)17/h5-6,9,14-15H,2-4,7-8H2,1H3. The maximum Gasteiger partial charge on any atom is 0.243 e. The van der Waals surface area contributed by atoms with E-state index in [1.54, 1.807) is 23.4 Å². The zero-order valence-corrected chi connectivity index (χ0v) is 12.8. The molecular formula is C15H18N2O3S. The summed E-state index contributed by atoms with van der Waals surface area (Å²) in [7, 11) is -3.52. The molecule has 0 amide bonds. The van der Waals surface area contributed by atoms with Crippen LogP contribution in [0.15, 0.2) is 23.1 Å². The van der Waals surface area contributed by atoms with Crippen LogP contribution in [-0.2, 0) is 14.8 Å². The van der Waals surface area contributed by atoms with Gasteiger partial charge in [0.2, 0.25) is 10.0 Å². The first-order chi connectivity index (χ1) is 10.0. The van der Waals surface area contributed by atoms with Crippen molar-refractivity contribution < 1.29 is 13.2 Å². The van der Waals surface area contributed by atoms with Gasteiger partial charge in [-0.2, -0.15) is 9.57 Å². The molecule has 2 atom stereocenters. The summed E-state index contributed by atoms with van der Waals surface area (Å²) in [6.07, 6.45) is 2.84. The highest BCUT2D eigenvalue weighted by Crippen LogP contribution is 2.33. The zero-order chi connectivity index (χ0) is 15.0. The average Bonchev–Trinajstić information content (AvgIpc) is 2.95. The van der Waals surface area contributed by atoms with Gasteiger partial charge < -0.3 is 4.74 Å². The van der Waals surface area contributed by atoms with Gasteiger partial charge in [0.1, 0.15) is 0 Å². The Bertz CT molecular complexity index is 693. The molecule has 0 radical (unpaired) electrons. The summed E-state index contributed by atoms with van der Waals surface area (Å²) in [5.74, 6) is 0. The van der Waals surface area contributed by atoms with E-state index in [-0.39, 0.29) is 17.0 Å². The average molecular weight is 306 g/mol. The zero-order valence-electron chi connectivity index (χ0n) is 11.9. The monoisotopic (exact) mass is 306 g/mol. The topological polar surface area (TPSA) is 70.4 Å². The Balaban J connectivity index is 1.96. The van der Waals surface area contributed by atoms with E-state index < -0.39 is 10.0 Å². The van der Waals surface area contributed by atoms with Crippen LogP contribution in [0, 0.1) is 18.3 Å². The van der Waals surface area contributed by atoms with E-state index >= 15 is 0 Å². The molecule has 1 heterocycles. The van der Waals surface area contributed by atoms with Gasteiger partial charge in [0.05, 0.1) is 35.3 Å². The van der Waals surface area contributed by atoms with E-state index in [1.165, 1.54) is 6.07 Å². The van der Waals surface area contributed by atoms with Crippen molar-refractivity contribution >= 4 is 10.0 Å². The number of nitrogens with zero attached hydrogens (tertiary/aromatic N) is 2. The molecule has 6 heteroatoms. The van der Waals surface area contributed by atoms with Crippen LogP contribution in [0.25, 0.3) is 0 Å². The van der Waals surface area contributed by atoms with Gasteiger partial charge in [-0.3, -0.25) is 0 Å². The molecule has 3 rings (SSSR count). The van der Waals surface area contributed by atoms with Crippen molar-refractivity contribution in [3.63, 3.8) is 0 Å². The molecule has 1 saturated heterocycles. The number of benzene rings is 1. The molecule has 1 aromatic carbocycles. The molecule has 0 spiro atoms. The van der Waals surface area contributed by atoms with Crippen LogP contribution in [0.1, 0.15) is 30.4 Å². The van der Waals surface area contributed by atoms with Crippen LogP contribution in [0.4, 0.5) is 0 Å². The van der Waals surface area contributed by atoms with Crippen molar-refractivity contribution in [3.8, 4) is 6.07 Å². The minimum absolute atomic E-state index is 0.0352. The third-order valence-electron chi connectivity index (χ3n) is 4.36. The van der Waals surface area contributed by atoms with Gasteiger partial charge in [-0.15, -0.1) is 0 Å². The quantitative estimate of drug-likeness (QED) is 0.835. The Morgan fingerprint density at radius 3 is 2.90 bits per heavy atom. The number of rotatable bonds is 2. The summed E-state index contributed by atoms with van der Waals surface area (Å²) in [5, 5.41) is 8.96. The number of hydrogen-bond acceptors (Lipinski definition) is 4. The highest BCUT2D eigenvalue weighted by molar-refractivity contribution is 7.89. The molecule has 0 bridgehead atoms. The highest BCUT2D eigenvalue weighted by Gasteiger charge is 2.42. The summed E-state index contributed by atoms with van der Waals surface area (Å²) in [6, 6.07) is 6.72. The van der Waals surface area contributed by atoms with Crippen LogP contribution < -0.4 is 0 Å². The van der Waals surface area contributed by atoms with Crippen molar-refractivity contribution in [3.05, 3.63) is 29.3 Å². The van der Waals surface area contributed by atoms with E-state index in [4.69, 9.17) is 10.00 Å². The smallest absolute Gasteiger partial charge is 0.243 e. The summed E-state index contributed by atoms with van der Waals surface area (Å²) >= 11 is 0. The molecule has 1 saturated carbocycles. The van der Waals surface area contributed by atoms with Gasteiger partial charge >= 0.3 is 0 Å². The molecule has 0 N–H and O–H groups in total. The first-order valence-electron chi connectivity index (χ1n) is 7.18. The lowest BCUT2D eigenvalue weighted by molar-refractivity contribution is -0.0241. The normalized spacial score (nSPS) is 26.3. The summed E-state index contributed by atoms with van der Waals surface area (Å²) in [5.41, 5.74) is 1.20. The van der Waals surface area contributed by atoms with Crippen LogP contribution >= 0.6 is 0 Å². The molecule has 2 unspecified atom stereocenters. The van der Waals surface area contributed by atoms with Gasteiger partial charge in [0.25, 0.3) is 0 Å². The number of aryl methyl sites for hydroxylation is 1. The van der Waals surface area contributed by atoms with Gasteiger partial charge in [0, 0.05) is 6.54 Å². The second-order valence-electron chi connectivity index (χ2n) is 5.61. The fourth-order valence-electron chi connectivity index (χ4n) is 3.25. The van der Waals surface area contributed by atoms with Gasteiger partial charge in [0.15, 0.2) is 0 Å². The van der Waals surface area contributed by atoms with Crippen molar-refractivity contribution in [2.24, 2.45) is 0 Å². The minimum atomic E-state index is -3.52. The highest BCUT2D eigenvalue weighted by atomic mass is 32.2. The van der Waals surface area contributed by atoms with Crippen LogP contribution in [0.2, 0.25) is 0 Å². The Labute approximate surface area is 125 Å². The second kappa shape index (κ2) is 5.41. The van der Waals surface area contributed by atoms with Gasteiger partial charge in [-0.05, 0) is 49.9 Å². The molecular weight excluding hydrogens is 288 g/mol. The molecule has 1 aromatic rings. The Kier molecular flexibility index (Phi) is 3.74. The molecule has 1 aliphatic carbocycles. The molecule has 5 nitrogen and oxygen atoms in total. The van der Waals surface area contributed by atoms with Crippen molar-refractivity contribution in [1.29, 1.82) is 5.26 Å². The summed E-state index contributed by atoms with van der Waals surface area (Å²) in [4.78, 5) is 0.270. The minimum Gasteiger partial charge on any atom is -0.375 e. The maximum absolute atomic E-state index is 12.9. The number of nitriles is 1. The van der Waals surface area contributed by atoms with Crippen molar-refractivity contribution in [1.82, 2.24) is 4.31 Å². The predicted octanol–water partition coefficient (Wildman–Crippen LogP) is 1.81. The first kappa shape index (κ1) is 14.5. The van der Waals surface area contributed by atoms with E-state index in [2.05, 4.69) is 6.07 Å². The maximum atomic E-state index is 12.9. The Morgan fingerprint density at radius 1 is 1.38 bits per heavy atom. The predicted molar refractivity (Wildman–Crippen MR) is 77.2 cm³/mol. The SMILES string of the molecule is Cc1cc(S(=O)(=O)N2CCOC3CCCC32)ccc1C#N. The molecule has 112 valence electrons. The van der Waals surface area contributed by atoms with E-state index in [0.29, 0.717) is 24.3 Å². The molecule has 21 heavy (non-hydrogen) atoms. The van der Waals surface area contributed by atoms with Gasteiger partial charge in [-0.25, -0.2) is 8.42 Å². The molecule has 1 aliphatic heterocycles. The second-order valence-corrected chi connectivity index (χ2v) is 7.50. The number of fused-ring (bicyclic) bond motifs is 1. The van der Waals surface area contributed by atoms with Crippen LogP contribution in [-0.4, -0.2) is 38.0 Å². The van der Waals surface area contributed by atoms with E-state index in [1.807, 2.05) is 0 Å². The summed E-state index contributed by atoms with van der Waals surface area (Å²) < 4.78 is 33.0. The van der Waals surface area contributed by atoms with E-state index in [9.17, 15) is 8.42 Å². The largest absolute Gasteiger partial charge is 0.375 e. The number of hydrogen-bond donors (Lipinski definition) is 0. The summed E-state index contributed by atoms with van der Waals surface area (Å²) in [6.45, 7) is 2.62. The molecule has 0 aromatic heterocycles. The Morgan fingerprint density at radius 2 is 2.19 bits per heavy atom. The first-order valence-corrected chi connectivity index (χ1v) is 8.62.